The summed E-state index contributed by atoms with van der Waals surface area (Å²) in [5.41, 5.74) is 0.250. The first-order chi connectivity index (χ1) is 2.00. The van der Waals surface area contributed by atoms with Gasteiger partial charge in [-0.15, -0.1) is 0 Å². The summed E-state index contributed by atoms with van der Waals surface area (Å²) < 4.78 is 0. The lowest BCUT2D eigenvalue weighted by Crippen LogP contribution is -1.94. The van der Waals surface area contributed by atoms with Crippen molar-refractivity contribution >= 4 is 0 Å². The zero-order chi connectivity index (χ0) is 4.50. The molecule has 0 spiro atoms. The fourth-order valence-electron chi connectivity index (χ4n) is 0. The molecule has 0 aliphatic rings. The van der Waals surface area contributed by atoms with Crippen LogP contribution in [0, 0.1) is 12.3 Å². The van der Waals surface area contributed by atoms with E-state index in [1.165, 1.54) is 0 Å². The zero-order valence-corrected chi connectivity index (χ0v) is 4.91. The summed E-state index contributed by atoms with van der Waals surface area (Å²) in [6, 6.07) is 0. The molecule has 0 fully saturated rings. The Kier molecular flexibility index (Phi) is 3.41. The first kappa shape index (κ1) is 9.35. The lowest BCUT2D eigenvalue weighted by Gasteiger charge is -2.05. The van der Waals surface area contributed by atoms with E-state index in [2.05, 4.69) is 27.7 Å². The van der Waals surface area contributed by atoms with E-state index in [9.17, 15) is 0 Å². The minimum absolute atomic E-state index is 0. The van der Waals surface area contributed by atoms with Crippen LogP contribution in [0.3, 0.4) is 0 Å². The molecule has 0 aliphatic carbocycles. The Morgan fingerprint density at radius 3 is 1.17 bits per heavy atom. The van der Waals surface area contributed by atoms with E-state index in [4.69, 9.17) is 0 Å². The molecule has 1 nitrogen and oxygen atoms in total. The first-order valence-corrected chi connectivity index (χ1v) is 1.85. The van der Waals surface area contributed by atoms with E-state index in [0.717, 1.165) is 0 Å². The molecule has 1 radical (unpaired) electrons. The summed E-state index contributed by atoms with van der Waals surface area (Å²) >= 11 is 0. The Morgan fingerprint density at radius 2 is 1.17 bits per heavy atom. The molecule has 0 unspecified atom stereocenters. The number of hydrogen-bond acceptors (Lipinski definition) is 1. The molecule has 0 saturated carbocycles. The molecular formula is C5H14N. The summed E-state index contributed by atoms with van der Waals surface area (Å²) in [5.74, 6) is 0. The summed E-state index contributed by atoms with van der Waals surface area (Å²) in [5, 5.41) is 0. The van der Waals surface area contributed by atoms with Crippen molar-refractivity contribution in [2.45, 2.75) is 20.8 Å². The van der Waals surface area contributed by atoms with Crippen molar-refractivity contribution in [1.29, 1.82) is 0 Å². The van der Waals surface area contributed by atoms with Gasteiger partial charge in [0.1, 0.15) is 0 Å². The maximum Gasteiger partial charge on any atom is -0.0382 e. The van der Waals surface area contributed by atoms with Gasteiger partial charge in [-0.3, -0.25) is 0 Å². The Bertz CT molecular complexity index is 19.4. The molecule has 3 N–H and O–H groups in total. The van der Waals surface area contributed by atoms with Gasteiger partial charge in [-0.1, -0.05) is 20.8 Å². The van der Waals surface area contributed by atoms with Crippen molar-refractivity contribution < 1.29 is 0 Å². The molecule has 0 saturated heterocycles. The van der Waals surface area contributed by atoms with E-state index in [-0.39, 0.29) is 11.6 Å². The highest BCUT2D eigenvalue weighted by Gasteiger charge is 1.95. The Hall–Kier alpha value is -0.0400. The van der Waals surface area contributed by atoms with Gasteiger partial charge in [-0.2, -0.15) is 0 Å². The van der Waals surface area contributed by atoms with Crippen LogP contribution < -0.4 is 6.15 Å². The second-order valence-electron chi connectivity index (χ2n) is 2.56. The zero-order valence-electron chi connectivity index (χ0n) is 4.91. The molecule has 1 heteroatoms. The quantitative estimate of drug-likeness (QED) is 0.483. The third kappa shape index (κ3) is 21700. The van der Waals surface area contributed by atoms with E-state index < -0.39 is 0 Å². The predicted octanol–water partition coefficient (Wildman–Crippen LogP) is 2.03. The maximum atomic E-state index is 3.77. The van der Waals surface area contributed by atoms with Gasteiger partial charge in [0, 0.05) is 0 Å². The van der Waals surface area contributed by atoms with Crippen LogP contribution in [0.2, 0.25) is 0 Å². The lowest BCUT2D eigenvalue weighted by molar-refractivity contribution is 0.539. The van der Waals surface area contributed by atoms with Crippen LogP contribution in [0.1, 0.15) is 20.8 Å². The van der Waals surface area contributed by atoms with Gasteiger partial charge in [-0.25, -0.2) is 0 Å². The lowest BCUT2D eigenvalue weighted by atomic mass is 10.0. The average Bonchev–Trinajstić information content (AvgIpc) is 0.722. The molecule has 0 aromatic carbocycles. The van der Waals surface area contributed by atoms with Crippen molar-refractivity contribution in [1.82, 2.24) is 6.15 Å². The van der Waals surface area contributed by atoms with Crippen LogP contribution in [0.25, 0.3) is 0 Å². The van der Waals surface area contributed by atoms with Crippen molar-refractivity contribution in [3.8, 4) is 0 Å². The third-order valence-electron chi connectivity index (χ3n) is 0. The van der Waals surface area contributed by atoms with Gasteiger partial charge in [-0.05, 0) is 12.3 Å². The standard InChI is InChI=1S/C5H11.H3N/c1-5(2,3)4;/h1H2,2-4H3;1H3. The highest BCUT2D eigenvalue weighted by atomic mass is 14.0. The van der Waals surface area contributed by atoms with Crippen molar-refractivity contribution in [2.75, 3.05) is 0 Å². The Morgan fingerprint density at radius 1 is 1.17 bits per heavy atom. The van der Waals surface area contributed by atoms with Crippen LogP contribution in [-0.4, -0.2) is 0 Å². The van der Waals surface area contributed by atoms with Gasteiger partial charge in [0.15, 0.2) is 0 Å². The maximum absolute atomic E-state index is 3.77. The van der Waals surface area contributed by atoms with E-state index in [1.54, 1.807) is 0 Å². The smallest absolute Gasteiger partial charge is 0.0382 e. The molecule has 0 bridgehead atoms. The van der Waals surface area contributed by atoms with Gasteiger partial charge < -0.3 is 6.15 Å². The Balaban J connectivity index is 0. The minimum Gasteiger partial charge on any atom is -0.344 e. The molecule has 0 amide bonds. The van der Waals surface area contributed by atoms with Gasteiger partial charge in [0.05, 0.1) is 0 Å². The second kappa shape index (κ2) is 2.19. The molecular weight excluding hydrogens is 74.1 g/mol. The molecule has 0 aromatic heterocycles. The monoisotopic (exact) mass is 88.1 g/mol. The third-order valence-corrected chi connectivity index (χ3v) is 0. The minimum atomic E-state index is 0. The normalized spacial score (nSPS) is 10.0. The average molecular weight is 88.2 g/mol. The van der Waals surface area contributed by atoms with E-state index in [0.29, 0.717) is 0 Å². The van der Waals surface area contributed by atoms with Crippen LogP contribution in [-0.2, 0) is 0 Å². The fraction of sp³-hybridized carbons (Fsp3) is 0.800. The fourth-order valence-corrected chi connectivity index (χ4v) is 0. The first-order valence-electron chi connectivity index (χ1n) is 1.85. The number of hydrogen-bond donors (Lipinski definition) is 1. The van der Waals surface area contributed by atoms with Crippen LogP contribution in [0.15, 0.2) is 0 Å². The van der Waals surface area contributed by atoms with Gasteiger partial charge in [0.25, 0.3) is 0 Å². The van der Waals surface area contributed by atoms with E-state index in [1.807, 2.05) is 0 Å². The van der Waals surface area contributed by atoms with Crippen molar-refractivity contribution in [2.24, 2.45) is 5.41 Å². The van der Waals surface area contributed by atoms with Crippen LogP contribution in [0.5, 0.6) is 0 Å². The summed E-state index contributed by atoms with van der Waals surface area (Å²) in [4.78, 5) is 0. The molecule has 39 valence electrons. The SMILES string of the molecule is N.[CH2]C(C)(C)C. The second-order valence-corrected chi connectivity index (χ2v) is 2.56. The van der Waals surface area contributed by atoms with Gasteiger partial charge >= 0.3 is 0 Å². The van der Waals surface area contributed by atoms with Crippen LogP contribution >= 0.6 is 0 Å². The predicted molar refractivity (Wildman–Crippen MR) is 29.8 cm³/mol. The van der Waals surface area contributed by atoms with Gasteiger partial charge in [0.2, 0.25) is 0 Å². The highest BCUT2D eigenvalue weighted by Crippen LogP contribution is 2.07. The summed E-state index contributed by atoms with van der Waals surface area (Å²) in [6.07, 6.45) is 0. The molecule has 6 heavy (non-hydrogen) atoms. The molecule has 0 aliphatic heterocycles. The molecule has 0 rings (SSSR count). The largest absolute Gasteiger partial charge is 0.344 e. The highest BCUT2D eigenvalue weighted by molar-refractivity contribution is 4.60. The Labute approximate surface area is 40.3 Å². The number of rotatable bonds is 0. The van der Waals surface area contributed by atoms with E-state index >= 15 is 0 Å². The van der Waals surface area contributed by atoms with Crippen LogP contribution in [0.4, 0.5) is 0 Å². The topological polar surface area (TPSA) is 35.0 Å². The van der Waals surface area contributed by atoms with Crippen molar-refractivity contribution in [3.63, 3.8) is 0 Å². The molecule has 0 heterocycles. The summed E-state index contributed by atoms with van der Waals surface area (Å²) in [7, 11) is 0. The molecule has 0 aromatic rings. The van der Waals surface area contributed by atoms with Crippen molar-refractivity contribution in [3.05, 3.63) is 6.92 Å². The molecule has 0 atom stereocenters. The summed E-state index contributed by atoms with van der Waals surface area (Å²) in [6.45, 7) is 10.0.